The van der Waals surface area contributed by atoms with Gasteiger partial charge in [0.1, 0.15) is 0 Å². The van der Waals surface area contributed by atoms with Crippen LogP contribution in [0.3, 0.4) is 0 Å². The zero-order valence-electron chi connectivity index (χ0n) is 10.2. The Morgan fingerprint density at radius 2 is 2.22 bits per heavy atom. The predicted molar refractivity (Wildman–Crippen MR) is 76.2 cm³/mol. The van der Waals surface area contributed by atoms with Gasteiger partial charge in [0.25, 0.3) is 0 Å². The quantitative estimate of drug-likeness (QED) is 0.344. The van der Waals surface area contributed by atoms with Crippen molar-refractivity contribution in [2.24, 2.45) is 10.8 Å². The molecule has 1 aromatic rings. The van der Waals surface area contributed by atoms with Gasteiger partial charge in [-0.3, -0.25) is 5.43 Å². The van der Waals surface area contributed by atoms with Gasteiger partial charge in [-0.05, 0) is 25.1 Å². The Morgan fingerprint density at radius 3 is 2.83 bits per heavy atom. The van der Waals surface area contributed by atoms with Gasteiger partial charge < -0.3 is 10.1 Å². The van der Waals surface area contributed by atoms with Crippen LogP contribution in [0.2, 0.25) is 10.0 Å². The van der Waals surface area contributed by atoms with Crippen molar-refractivity contribution < 1.29 is 4.74 Å². The van der Waals surface area contributed by atoms with E-state index in [-0.39, 0.29) is 6.04 Å². The zero-order chi connectivity index (χ0) is 13.5. The van der Waals surface area contributed by atoms with E-state index >= 15 is 0 Å². The molecule has 0 bridgehead atoms. The molecule has 1 atom stereocenters. The first-order valence-electron chi connectivity index (χ1n) is 5.32. The van der Waals surface area contributed by atoms with Crippen molar-refractivity contribution in [3.05, 3.63) is 28.2 Å². The van der Waals surface area contributed by atoms with E-state index in [0.717, 1.165) is 0 Å². The fraction of sp³-hybridized carbons (Fsp3) is 0.364. The number of benzene rings is 1. The molecule has 0 spiro atoms. The second-order valence-electron chi connectivity index (χ2n) is 3.68. The first-order valence-corrected chi connectivity index (χ1v) is 6.07. The van der Waals surface area contributed by atoms with Gasteiger partial charge in [0, 0.05) is 12.1 Å². The lowest BCUT2D eigenvalue weighted by atomic mass is 10.3. The van der Waals surface area contributed by atoms with Crippen LogP contribution in [0, 0.1) is 0 Å². The molecular formula is C11H16Cl2N4O. The lowest BCUT2D eigenvalue weighted by Crippen LogP contribution is -2.37. The van der Waals surface area contributed by atoms with Gasteiger partial charge >= 0.3 is 0 Å². The van der Waals surface area contributed by atoms with Gasteiger partial charge in [0.15, 0.2) is 0 Å². The number of hydrogen-bond donors (Lipinski definition) is 3. The number of hydrogen-bond acceptors (Lipinski definition) is 3. The molecule has 0 aliphatic rings. The van der Waals surface area contributed by atoms with Crippen LogP contribution in [0.1, 0.15) is 6.92 Å². The van der Waals surface area contributed by atoms with Crippen molar-refractivity contribution in [1.29, 1.82) is 0 Å². The first kappa shape index (κ1) is 15.0. The Bertz CT molecular complexity index is 426. The molecule has 0 radical (unpaired) electrons. The Morgan fingerprint density at radius 1 is 1.50 bits per heavy atom. The van der Waals surface area contributed by atoms with Crippen LogP contribution in [0.25, 0.3) is 0 Å². The number of ether oxygens (including phenoxy) is 1. The number of hydrazine groups is 1. The van der Waals surface area contributed by atoms with Crippen molar-refractivity contribution in [3.8, 4) is 0 Å². The summed E-state index contributed by atoms with van der Waals surface area (Å²) >= 11 is 11.9. The Kier molecular flexibility index (Phi) is 6.21. The minimum atomic E-state index is -0.0356. The Balaban J connectivity index is 2.82. The molecule has 100 valence electrons. The maximum Gasteiger partial charge on any atom is 0.210 e. The van der Waals surface area contributed by atoms with Gasteiger partial charge in [-0.1, -0.05) is 23.2 Å². The number of nitrogens with two attached hydrogens (primary N) is 1. The molecule has 0 aromatic heterocycles. The fourth-order valence-corrected chi connectivity index (χ4v) is 1.66. The maximum absolute atomic E-state index is 6.03. The molecule has 0 saturated heterocycles. The third-order valence-corrected chi connectivity index (χ3v) is 2.64. The van der Waals surface area contributed by atoms with Crippen molar-refractivity contribution in [1.82, 2.24) is 5.43 Å². The second-order valence-corrected chi connectivity index (χ2v) is 4.52. The normalized spacial score (nSPS) is 13.3. The predicted octanol–water partition coefficient (Wildman–Crippen LogP) is 2.26. The topological polar surface area (TPSA) is 71.7 Å². The summed E-state index contributed by atoms with van der Waals surface area (Å²) in [6, 6.07) is 5.05. The van der Waals surface area contributed by atoms with E-state index in [0.29, 0.717) is 28.3 Å². The van der Waals surface area contributed by atoms with E-state index in [1.165, 1.54) is 0 Å². The standard InChI is InChI=1S/C11H16Cl2N4O/c1-7(6-18-2)15-11(17-14)16-10-5-8(12)3-4-9(10)13/h3-5,7H,6,14H2,1-2H3,(H2,15,16,17). The third-order valence-electron chi connectivity index (χ3n) is 2.08. The molecule has 0 amide bonds. The number of methoxy groups -OCH3 is 1. The van der Waals surface area contributed by atoms with Crippen LogP contribution in [0.4, 0.5) is 5.69 Å². The lowest BCUT2D eigenvalue weighted by Gasteiger charge is -2.13. The van der Waals surface area contributed by atoms with E-state index in [1.807, 2.05) is 6.92 Å². The highest BCUT2D eigenvalue weighted by Gasteiger charge is 2.06. The molecule has 0 aliphatic carbocycles. The highest BCUT2D eigenvalue weighted by atomic mass is 35.5. The molecule has 0 heterocycles. The smallest absolute Gasteiger partial charge is 0.210 e. The van der Waals surface area contributed by atoms with Crippen LogP contribution >= 0.6 is 23.2 Å². The molecule has 1 rings (SSSR count). The summed E-state index contributed by atoms with van der Waals surface area (Å²) in [5, 5.41) is 4.07. The summed E-state index contributed by atoms with van der Waals surface area (Å²) in [6.45, 7) is 2.40. The summed E-state index contributed by atoms with van der Waals surface area (Å²) in [6.07, 6.45) is 0. The maximum atomic E-state index is 6.03. The van der Waals surface area contributed by atoms with Gasteiger partial charge in [-0.15, -0.1) is 0 Å². The van der Waals surface area contributed by atoms with E-state index in [2.05, 4.69) is 15.7 Å². The molecule has 18 heavy (non-hydrogen) atoms. The summed E-state index contributed by atoms with van der Waals surface area (Å²) < 4.78 is 4.99. The van der Waals surface area contributed by atoms with Crippen LogP contribution in [0.15, 0.2) is 23.2 Å². The number of guanidine groups is 1. The summed E-state index contributed by atoms with van der Waals surface area (Å²) in [7, 11) is 1.61. The van der Waals surface area contributed by atoms with Gasteiger partial charge in [-0.25, -0.2) is 10.8 Å². The minimum absolute atomic E-state index is 0.0356. The van der Waals surface area contributed by atoms with Crippen LogP contribution in [0.5, 0.6) is 0 Å². The van der Waals surface area contributed by atoms with E-state index in [1.54, 1.807) is 25.3 Å². The molecule has 0 aliphatic heterocycles. The molecule has 1 unspecified atom stereocenters. The number of aliphatic imine (C=N–C) groups is 1. The first-order chi connectivity index (χ1) is 8.56. The van der Waals surface area contributed by atoms with Gasteiger partial charge in [-0.2, -0.15) is 0 Å². The van der Waals surface area contributed by atoms with E-state index in [4.69, 9.17) is 33.8 Å². The number of halogens is 2. The fourth-order valence-electron chi connectivity index (χ4n) is 1.33. The van der Waals surface area contributed by atoms with Crippen molar-refractivity contribution in [2.75, 3.05) is 19.0 Å². The van der Waals surface area contributed by atoms with Crippen molar-refractivity contribution in [2.45, 2.75) is 13.0 Å². The summed E-state index contributed by atoms with van der Waals surface area (Å²) in [4.78, 5) is 4.29. The SMILES string of the molecule is COCC(C)N=C(NN)Nc1cc(Cl)ccc1Cl. The van der Waals surface area contributed by atoms with Gasteiger partial charge in [0.2, 0.25) is 5.96 Å². The summed E-state index contributed by atoms with van der Waals surface area (Å²) in [5.41, 5.74) is 3.10. The van der Waals surface area contributed by atoms with E-state index in [9.17, 15) is 0 Å². The highest BCUT2D eigenvalue weighted by molar-refractivity contribution is 6.35. The molecule has 0 fully saturated rings. The number of anilines is 1. The van der Waals surface area contributed by atoms with Gasteiger partial charge in [0.05, 0.1) is 23.4 Å². The van der Waals surface area contributed by atoms with Crippen LogP contribution in [-0.2, 0) is 4.74 Å². The molecule has 7 heteroatoms. The number of nitrogens with zero attached hydrogens (tertiary/aromatic N) is 1. The van der Waals surface area contributed by atoms with Crippen LogP contribution in [-0.4, -0.2) is 25.7 Å². The highest BCUT2D eigenvalue weighted by Crippen LogP contribution is 2.25. The van der Waals surface area contributed by atoms with Crippen molar-refractivity contribution in [3.63, 3.8) is 0 Å². The lowest BCUT2D eigenvalue weighted by molar-refractivity contribution is 0.185. The number of rotatable bonds is 4. The minimum Gasteiger partial charge on any atom is -0.382 e. The number of nitrogens with one attached hydrogen (secondary N) is 2. The zero-order valence-corrected chi connectivity index (χ0v) is 11.7. The molecule has 0 saturated carbocycles. The molecule has 1 aromatic carbocycles. The average molecular weight is 291 g/mol. The molecular weight excluding hydrogens is 275 g/mol. The largest absolute Gasteiger partial charge is 0.382 e. The second kappa shape index (κ2) is 7.43. The summed E-state index contributed by atoms with van der Waals surface area (Å²) in [5.74, 6) is 5.79. The molecule has 4 N–H and O–H groups in total. The molecule has 5 nitrogen and oxygen atoms in total. The average Bonchev–Trinajstić information content (AvgIpc) is 2.33. The third kappa shape index (κ3) is 4.70. The Labute approximate surface area is 116 Å². The monoisotopic (exact) mass is 290 g/mol. The van der Waals surface area contributed by atoms with Crippen LogP contribution < -0.4 is 16.6 Å². The Hall–Kier alpha value is -1.01. The van der Waals surface area contributed by atoms with E-state index < -0.39 is 0 Å². The van der Waals surface area contributed by atoms with Crippen molar-refractivity contribution >= 4 is 34.8 Å².